The van der Waals surface area contributed by atoms with Gasteiger partial charge in [0.1, 0.15) is 54.1 Å². The molecule has 27 nitrogen and oxygen atoms in total. The van der Waals surface area contributed by atoms with E-state index in [1.54, 1.807) is 30.3 Å². The molecule has 9 atom stereocenters. The summed E-state index contributed by atoms with van der Waals surface area (Å²) in [5.74, 6) is -12.7. The Balaban J connectivity index is 2.29. The first-order valence-corrected chi connectivity index (χ1v) is 23.3. The maximum absolute atomic E-state index is 13.9. The van der Waals surface area contributed by atoms with Crippen molar-refractivity contribution in [1.82, 2.24) is 47.9 Å². The normalized spacial score (nSPS) is 14.5. The van der Waals surface area contributed by atoms with Gasteiger partial charge in [0, 0.05) is 32.6 Å². The lowest BCUT2D eigenvalue weighted by Crippen LogP contribution is -2.61. The average molecular weight is 1040 g/mol. The Hall–Kier alpha value is -8.20. The number of primary amides is 2. The Labute approximate surface area is 425 Å². The van der Waals surface area contributed by atoms with Crippen molar-refractivity contribution >= 4 is 70.9 Å². The summed E-state index contributed by atoms with van der Waals surface area (Å²) in [5.41, 5.74) is 11.4. The third-order valence-electron chi connectivity index (χ3n) is 10.9. The van der Waals surface area contributed by atoms with Gasteiger partial charge in [0.2, 0.25) is 65.0 Å². The molecule has 74 heavy (non-hydrogen) atoms. The smallest absolute Gasteiger partial charge is 0.303 e. The van der Waals surface area contributed by atoms with Crippen LogP contribution in [-0.2, 0) is 70.4 Å². The molecule has 0 radical (unpaired) electrons. The van der Waals surface area contributed by atoms with Gasteiger partial charge in [-0.1, -0.05) is 56.3 Å². The Bertz CT molecular complexity index is 2320. The lowest BCUT2D eigenvalue weighted by Gasteiger charge is -2.28. The number of hydrogen-bond acceptors (Lipinski definition) is 15. The summed E-state index contributed by atoms with van der Waals surface area (Å²) in [4.78, 5) is 155. The minimum Gasteiger partial charge on any atom is -0.508 e. The standard InChI is InChI=1S/C47H67N11O16/c1-23(2)38(57-45(72)34(22-59)56-44(71)33(19-27-9-7-6-8-10-27)55-43(70)32(52-26(5)61)20-28-11-13-29(62)14-12-28)47(74)54-31(16-18-37(65)66)41(68)51-24(3)40(67)53-30(15-17-35(48)63)42(69)58-39(25(4)60)46(73)50-21-36(49)64/h6-14,23-25,30-34,38-39,59-60,62H,15-22H2,1-5H3,(H2,48,63)(H2,49,64)(H,50,73)(H,51,68)(H,52,61)(H,53,67)(H,54,74)(H,55,70)(H,56,71)(H,57,72)(H,58,69)(H,65,66)/t24-,25+,30-,31-,32-,33-,34-,38-,39-/m0/s1. The SMILES string of the molecule is CC(=O)N[C@@H](Cc1ccc(O)cc1)C(=O)N[C@@H](Cc1ccccc1)C(=O)N[C@@H](CO)C(=O)N[C@H](C(=O)N[C@@H](CCC(=O)O)C(=O)N[C@@H](C)C(=O)N[C@@H](CCC(N)=O)C(=O)N[C@H](C(=O)NCC(N)=O)[C@@H](C)O)C(C)C. The minimum absolute atomic E-state index is 0.0336. The Kier molecular flexibility index (Phi) is 25.6. The maximum Gasteiger partial charge on any atom is 0.303 e. The number of nitrogens with two attached hydrogens (primary N) is 2. The summed E-state index contributed by atoms with van der Waals surface area (Å²) in [6, 6.07) is 1.90. The van der Waals surface area contributed by atoms with Crippen LogP contribution in [0.25, 0.3) is 0 Å². The van der Waals surface area contributed by atoms with Crippen LogP contribution in [0.1, 0.15) is 71.4 Å². The van der Waals surface area contributed by atoms with Crippen LogP contribution in [-0.4, -0.2) is 159 Å². The molecule has 0 unspecified atom stereocenters. The van der Waals surface area contributed by atoms with E-state index >= 15 is 0 Å². The topological polar surface area (TPSA) is 446 Å². The lowest BCUT2D eigenvalue weighted by atomic mass is 10.0. The Morgan fingerprint density at radius 3 is 1.47 bits per heavy atom. The summed E-state index contributed by atoms with van der Waals surface area (Å²) in [6.45, 7) is 4.80. The van der Waals surface area contributed by atoms with E-state index in [0.29, 0.717) is 11.1 Å². The number of aliphatic hydroxyl groups is 2. The number of rotatable bonds is 31. The molecule has 0 fully saturated rings. The molecule has 2 rings (SSSR count). The zero-order valence-corrected chi connectivity index (χ0v) is 41.5. The zero-order valence-electron chi connectivity index (χ0n) is 41.5. The van der Waals surface area contributed by atoms with Crippen molar-refractivity contribution in [2.75, 3.05) is 13.2 Å². The zero-order chi connectivity index (χ0) is 55.8. The number of carbonyl (C=O) groups is 12. The number of carbonyl (C=O) groups excluding carboxylic acids is 11. The van der Waals surface area contributed by atoms with Crippen LogP contribution in [0.4, 0.5) is 0 Å². The maximum atomic E-state index is 13.9. The van der Waals surface area contributed by atoms with E-state index in [1.165, 1.54) is 45.0 Å². The summed E-state index contributed by atoms with van der Waals surface area (Å²) in [7, 11) is 0. The van der Waals surface area contributed by atoms with Crippen molar-refractivity contribution in [2.45, 2.75) is 128 Å². The number of hydrogen-bond donors (Lipinski definition) is 15. The minimum atomic E-state index is -1.74. The van der Waals surface area contributed by atoms with Gasteiger partial charge in [0.05, 0.1) is 19.3 Å². The van der Waals surface area contributed by atoms with Gasteiger partial charge >= 0.3 is 5.97 Å². The first-order chi connectivity index (χ1) is 34.7. The molecule has 2 aromatic rings. The number of aromatic hydroxyl groups is 1. The molecule has 0 saturated heterocycles. The highest BCUT2D eigenvalue weighted by atomic mass is 16.4. The number of aliphatic carboxylic acids is 1. The van der Waals surface area contributed by atoms with Crippen molar-refractivity contribution in [3.8, 4) is 5.75 Å². The molecule has 0 saturated carbocycles. The summed E-state index contributed by atoms with van der Waals surface area (Å²) in [6.07, 6.45) is -3.85. The number of amides is 11. The number of phenolic OH excluding ortho intramolecular Hbond substituents is 1. The van der Waals surface area contributed by atoms with Gasteiger partial charge in [-0.3, -0.25) is 57.5 Å². The summed E-state index contributed by atoms with van der Waals surface area (Å²) < 4.78 is 0. The number of carboxylic acid groups (broad SMARTS) is 1. The van der Waals surface area contributed by atoms with Gasteiger partial charge in [-0.05, 0) is 55.9 Å². The van der Waals surface area contributed by atoms with Crippen LogP contribution in [0.15, 0.2) is 54.6 Å². The van der Waals surface area contributed by atoms with E-state index in [1.807, 2.05) is 0 Å². The van der Waals surface area contributed by atoms with Gasteiger partial charge in [-0.25, -0.2) is 0 Å². The van der Waals surface area contributed by atoms with Gasteiger partial charge < -0.3 is 79.7 Å². The highest BCUT2D eigenvalue weighted by Gasteiger charge is 2.36. The molecule has 0 heterocycles. The second kappa shape index (κ2) is 30.6. The molecule has 0 aliphatic carbocycles. The fourth-order valence-electron chi connectivity index (χ4n) is 6.88. The Morgan fingerprint density at radius 1 is 0.514 bits per heavy atom. The van der Waals surface area contributed by atoms with Crippen molar-refractivity contribution < 1.29 is 78.0 Å². The fraction of sp³-hybridized carbons (Fsp3) is 0.489. The summed E-state index contributed by atoms with van der Waals surface area (Å²) in [5, 5.41) is 60.8. The number of carboxylic acids is 1. The monoisotopic (exact) mass is 1040 g/mol. The third-order valence-corrected chi connectivity index (χ3v) is 10.9. The molecule has 0 spiro atoms. The number of benzene rings is 2. The van der Waals surface area contributed by atoms with E-state index in [4.69, 9.17) is 11.5 Å². The Morgan fingerprint density at radius 2 is 0.973 bits per heavy atom. The van der Waals surface area contributed by atoms with Gasteiger partial charge in [-0.15, -0.1) is 0 Å². The number of aliphatic hydroxyl groups excluding tert-OH is 2. The fourth-order valence-corrected chi connectivity index (χ4v) is 6.88. The number of nitrogens with one attached hydrogen (secondary N) is 9. The molecular weight excluding hydrogens is 975 g/mol. The van der Waals surface area contributed by atoms with Crippen molar-refractivity contribution in [3.63, 3.8) is 0 Å². The predicted octanol–water partition coefficient (Wildman–Crippen LogP) is -5.14. The molecule has 0 aromatic heterocycles. The van der Waals surface area contributed by atoms with Gasteiger partial charge in [0.15, 0.2) is 0 Å². The average Bonchev–Trinajstić information content (AvgIpc) is 3.32. The van der Waals surface area contributed by atoms with Crippen LogP contribution in [0.5, 0.6) is 5.75 Å². The van der Waals surface area contributed by atoms with Crippen LogP contribution in [0.3, 0.4) is 0 Å². The second-order valence-corrected chi connectivity index (χ2v) is 17.5. The molecule has 0 bridgehead atoms. The number of phenols is 1. The highest BCUT2D eigenvalue weighted by molar-refractivity contribution is 5.98. The van der Waals surface area contributed by atoms with E-state index in [0.717, 1.165) is 13.8 Å². The van der Waals surface area contributed by atoms with Crippen LogP contribution < -0.4 is 59.3 Å². The first-order valence-electron chi connectivity index (χ1n) is 23.3. The van der Waals surface area contributed by atoms with E-state index < -0.39 is 170 Å². The largest absolute Gasteiger partial charge is 0.508 e. The third kappa shape index (κ3) is 22.1. The van der Waals surface area contributed by atoms with E-state index in [9.17, 15) is 78.0 Å². The van der Waals surface area contributed by atoms with Crippen molar-refractivity contribution in [2.24, 2.45) is 17.4 Å². The van der Waals surface area contributed by atoms with E-state index in [2.05, 4.69) is 47.9 Å². The molecule has 0 aliphatic rings. The molecule has 11 amide bonds. The van der Waals surface area contributed by atoms with Crippen LogP contribution in [0.2, 0.25) is 0 Å². The lowest BCUT2D eigenvalue weighted by molar-refractivity contribution is -0.139. The quantitative estimate of drug-likeness (QED) is 0.0336. The van der Waals surface area contributed by atoms with Crippen molar-refractivity contribution in [1.29, 1.82) is 0 Å². The molecular formula is C47H67N11O16. The molecule has 0 aliphatic heterocycles. The second-order valence-electron chi connectivity index (χ2n) is 17.5. The molecule has 2 aromatic carbocycles. The van der Waals surface area contributed by atoms with Gasteiger partial charge in [-0.2, -0.15) is 0 Å². The van der Waals surface area contributed by atoms with Crippen molar-refractivity contribution in [3.05, 3.63) is 65.7 Å². The summed E-state index contributed by atoms with van der Waals surface area (Å²) >= 11 is 0. The molecule has 17 N–H and O–H groups in total. The van der Waals surface area contributed by atoms with Crippen LogP contribution in [0, 0.1) is 5.92 Å². The predicted molar refractivity (Wildman–Crippen MR) is 260 cm³/mol. The highest BCUT2D eigenvalue weighted by Crippen LogP contribution is 2.13. The molecule has 27 heteroatoms. The van der Waals surface area contributed by atoms with Crippen LogP contribution >= 0.6 is 0 Å². The van der Waals surface area contributed by atoms with E-state index in [-0.39, 0.29) is 18.6 Å². The first kappa shape index (κ1) is 61.9. The van der Waals surface area contributed by atoms with Gasteiger partial charge in [0.25, 0.3) is 0 Å². The molecule has 406 valence electrons.